The first-order valence-corrected chi connectivity index (χ1v) is 7.81. The molecule has 1 N–H and O–H groups in total. The summed E-state index contributed by atoms with van der Waals surface area (Å²) in [4.78, 5) is 24.5. The van der Waals surface area contributed by atoms with Gasteiger partial charge in [-0.1, -0.05) is 0 Å². The van der Waals surface area contributed by atoms with Crippen molar-refractivity contribution < 1.29 is 28.2 Å². The quantitative estimate of drug-likeness (QED) is 0.760. The summed E-state index contributed by atoms with van der Waals surface area (Å²) >= 11 is 3.19. The van der Waals surface area contributed by atoms with Gasteiger partial charge in [0.1, 0.15) is 5.82 Å². The van der Waals surface area contributed by atoms with E-state index in [-0.39, 0.29) is 16.8 Å². The molecule has 0 radical (unpaired) electrons. The third kappa shape index (κ3) is 4.08. The largest absolute Gasteiger partial charge is 0.493 e. The molecule has 0 aliphatic carbocycles. The summed E-state index contributed by atoms with van der Waals surface area (Å²) in [7, 11) is 4.05. The molecule has 0 aromatic heterocycles. The monoisotopic (exact) mass is 411 g/mol. The second kappa shape index (κ2) is 7.98. The molecule has 2 rings (SSSR count). The first kappa shape index (κ1) is 18.7. The summed E-state index contributed by atoms with van der Waals surface area (Å²) in [5.74, 6) is -1.23. The molecular weight excluding hydrogens is 397 g/mol. The third-order valence-corrected chi connectivity index (χ3v) is 4.04. The molecule has 2 aromatic carbocycles. The van der Waals surface area contributed by atoms with Crippen molar-refractivity contribution in [1.29, 1.82) is 0 Å². The number of esters is 1. The molecule has 0 unspecified atom stereocenters. The van der Waals surface area contributed by atoms with Crippen molar-refractivity contribution in [2.24, 2.45) is 0 Å². The van der Waals surface area contributed by atoms with Gasteiger partial charge in [0.25, 0.3) is 5.91 Å². The predicted octanol–water partition coefficient (Wildman–Crippen LogP) is 3.64. The normalized spacial score (nSPS) is 10.1. The lowest BCUT2D eigenvalue weighted by Gasteiger charge is -2.15. The average molecular weight is 412 g/mol. The van der Waals surface area contributed by atoms with E-state index in [4.69, 9.17) is 14.2 Å². The number of carbonyl (C=O) groups excluding carboxylic acids is 2. The van der Waals surface area contributed by atoms with Gasteiger partial charge in [0.2, 0.25) is 0 Å². The maximum atomic E-state index is 13.4. The maximum Gasteiger partial charge on any atom is 0.340 e. The molecule has 0 atom stereocenters. The number of carbonyl (C=O) groups is 2. The van der Waals surface area contributed by atoms with Crippen LogP contribution in [0, 0.1) is 5.82 Å². The van der Waals surface area contributed by atoms with Gasteiger partial charge in [-0.25, -0.2) is 9.18 Å². The van der Waals surface area contributed by atoms with E-state index < -0.39 is 17.7 Å². The molecule has 0 aliphatic rings. The molecule has 0 heterocycles. The topological polar surface area (TPSA) is 73.9 Å². The van der Waals surface area contributed by atoms with E-state index in [1.807, 2.05) is 0 Å². The van der Waals surface area contributed by atoms with Crippen LogP contribution in [0.3, 0.4) is 0 Å². The second-order valence-corrected chi connectivity index (χ2v) is 5.68. The van der Waals surface area contributed by atoms with Gasteiger partial charge in [-0.15, -0.1) is 0 Å². The molecular formula is C17H15BrFNO5. The minimum Gasteiger partial charge on any atom is -0.493 e. The van der Waals surface area contributed by atoms with E-state index in [0.29, 0.717) is 16.0 Å². The zero-order chi connectivity index (χ0) is 18.6. The summed E-state index contributed by atoms with van der Waals surface area (Å²) in [6.45, 7) is 0. The minimum atomic E-state index is -0.672. The van der Waals surface area contributed by atoms with Crippen LogP contribution in [0.4, 0.5) is 10.1 Å². The molecule has 0 saturated carbocycles. The van der Waals surface area contributed by atoms with Gasteiger partial charge in [0.05, 0.1) is 38.1 Å². The molecule has 0 fully saturated rings. The van der Waals surface area contributed by atoms with E-state index in [1.165, 1.54) is 45.6 Å². The zero-order valence-corrected chi connectivity index (χ0v) is 15.3. The minimum absolute atomic E-state index is 0.0704. The van der Waals surface area contributed by atoms with Gasteiger partial charge in [-0.2, -0.15) is 0 Å². The average Bonchev–Trinajstić information content (AvgIpc) is 2.62. The smallest absolute Gasteiger partial charge is 0.340 e. The number of hydrogen-bond donors (Lipinski definition) is 1. The second-order valence-electron chi connectivity index (χ2n) is 4.82. The van der Waals surface area contributed by atoms with Crippen LogP contribution >= 0.6 is 15.9 Å². The summed E-state index contributed by atoms with van der Waals surface area (Å²) < 4.78 is 28.9. The van der Waals surface area contributed by atoms with Crippen molar-refractivity contribution in [2.75, 3.05) is 26.6 Å². The summed E-state index contributed by atoms with van der Waals surface area (Å²) in [6.07, 6.45) is 0. The lowest BCUT2D eigenvalue weighted by atomic mass is 10.1. The number of amides is 1. The molecule has 0 bridgehead atoms. The van der Waals surface area contributed by atoms with Gasteiger partial charge >= 0.3 is 5.97 Å². The van der Waals surface area contributed by atoms with E-state index in [1.54, 1.807) is 0 Å². The fourth-order valence-electron chi connectivity index (χ4n) is 2.12. The number of nitrogens with one attached hydrogen (secondary N) is 1. The molecule has 2 aromatic rings. The van der Waals surface area contributed by atoms with E-state index in [9.17, 15) is 14.0 Å². The SMILES string of the molecule is COC(=O)c1cc(OC)c(OC)cc1NC(=O)c1cc(F)ccc1Br. The van der Waals surface area contributed by atoms with Gasteiger partial charge < -0.3 is 19.5 Å². The van der Waals surface area contributed by atoms with Crippen molar-refractivity contribution in [1.82, 2.24) is 0 Å². The first-order chi connectivity index (χ1) is 11.9. The Morgan fingerprint density at radius 1 is 1.00 bits per heavy atom. The lowest BCUT2D eigenvalue weighted by Crippen LogP contribution is -2.16. The molecule has 0 aliphatic heterocycles. The molecule has 0 spiro atoms. The number of benzene rings is 2. The summed E-state index contributed by atoms with van der Waals surface area (Å²) in [6, 6.07) is 6.53. The number of methoxy groups -OCH3 is 3. The van der Waals surface area contributed by atoms with Crippen molar-refractivity contribution in [3.05, 3.63) is 51.7 Å². The molecule has 25 heavy (non-hydrogen) atoms. The highest BCUT2D eigenvalue weighted by molar-refractivity contribution is 9.10. The van der Waals surface area contributed by atoms with Crippen molar-refractivity contribution in [2.45, 2.75) is 0 Å². The number of anilines is 1. The number of halogens is 2. The van der Waals surface area contributed by atoms with Crippen molar-refractivity contribution in [3.8, 4) is 11.5 Å². The van der Waals surface area contributed by atoms with Gasteiger partial charge in [0.15, 0.2) is 11.5 Å². The Kier molecular flexibility index (Phi) is 5.97. The van der Waals surface area contributed by atoms with Crippen LogP contribution < -0.4 is 14.8 Å². The van der Waals surface area contributed by atoms with Crippen LogP contribution in [0.2, 0.25) is 0 Å². The molecule has 8 heteroatoms. The van der Waals surface area contributed by atoms with Gasteiger partial charge in [0, 0.05) is 16.6 Å². The van der Waals surface area contributed by atoms with Crippen LogP contribution in [0.1, 0.15) is 20.7 Å². The van der Waals surface area contributed by atoms with E-state index >= 15 is 0 Å². The zero-order valence-electron chi connectivity index (χ0n) is 13.7. The first-order valence-electron chi connectivity index (χ1n) is 7.02. The molecule has 1 amide bonds. The Bertz CT molecular complexity index is 825. The van der Waals surface area contributed by atoms with Gasteiger partial charge in [-0.3, -0.25) is 4.79 Å². The Morgan fingerprint density at radius 3 is 2.24 bits per heavy atom. The van der Waals surface area contributed by atoms with Crippen molar-refractivity contribution in [3.63, 3.8) is 0 Å². The number of ether oxygens (including phenoxy) is 3. The summed E-state index contributed by atoms with van der Waals surface area (Å²) in [5, 5.41) is 2.56. The number of hydrogen-bond acceptors (Lipinski definition) is 5. The Labute approximate surface area is 152 Å². The Hall–Kier alpha value is -2.61. The molecule has 132 valence electrons. The molecule has 0 saturated heterocycles. The lowest BCUT2D eigenvalue weighted by molar-refractivity contribution is 0.0601. The van der Waals surface area contributed by atoms with Crippen LogP contribution in [-0.4, -0.2) is 33.2 Å². The standard InChI is InChI=1S/C17H15BrFNO5/c1-23-14-7-11(17(22)25-3)13(8-15(14)24-2)20-16(21)10-6-9(19)4-5-12(10)18/h4-8H,1-3H3,(H,20,21). The predicted molar refractivity (Wildman–Crippen MR) is 92.9 cm³/mol. The Morgan fingerprint density at radius 2 is 1.64 bits per heavy atom. The van der Waals surface area contributed by atoms with E-state index in [0.717, 1.165) is 6.07 Å². The van der Waals surface area contributed by atoms with Crippen LogP contribution in [-0.2, 0) is 4.74 Å². The van der Waals surface area contributed by atoms with Crippen molar-refractivity contribution >= 4 is 33.5 Å². The third-order valence-electron chi connectivity index (χ3n) is 3.35. The van der Waals surface area contributed by atoms with Gasteiger partial charge in [-0.05, 0) is 34.1 Å². The summed E-state index contributed by atoms with van der Waals surface area (Å²) in [5.41, 5.74) is 0.289. The highest BCUT2D eigenvalue weighted by atomic mass is 79.9. The van der Waals surface area contributed by atoms with Crippen LogP contribution in [0.25, 0.3) is 0 Å². The van der Waals surface area contributed by atoms with Crippen LogP contribution in [0.5, 0.6) is 11.5 Å². The fourth-order valence-corrected chi connectivity index (χ4v) is 2.55. The molecule has 6 nitrogen and oxygen atoms in total. The highest BCUT2D eigenvalue weighted by Crippen LogP contribution is 2.34. The number of rotatable bonds is 5. The van der Waals surface area contributed by atoms with E-state index in [2.05, 4.69) is 21.2 Å². The maximum absolute atomic E-state index is 13.4. The van der Waals surface area contributed by atoms with Crippen LogP contribution in [0.15, 0.2) is 34.8 Å². The Balaban J connectivity index is 2.48. The fraction of sp³-hybridized carbons (Fsp3) is 0.176. The highest BCUT2D eigenvalue weighted by Gasteiger charge is 2.20.